The van der Waals surface area contributed by atoms with Gasteiger partial charge in [0.25, 0.3) is 0 Å². The second-order valence-corrected chi connectivity index (χ2v) is 8.53. The second kappa shape index (κ2) is 9.27. The van der Waals surface area contributed by atoms with E-state index in [1.54, 1.807) is 0 Å². The molecule has 0 aliphatic carbocycles. The van der Waals surface area contributed by atoms with Crippen LogP contribution in [0.4, 0.5) is 0 Å². The lowest BCUT2D eigenvalue weighted by molar-refractivity contribution is -0.140. The van der Waals surface area contributed by atoms with Crippen LogP contribution in [-0.2, 0) is 16.0 Å². The number of morpholine rings is 1. The zero-order valence-electron chi connectivity index (χ0n) is 18.3. The Hall–Kier alpha value is -2.25. The van der Waals surface area contributed by atoms with Crippen LogP contribution in [0.5, 0.6) is 0 Å². The highest BCUT2D eigenvalue weighted by Crippen LogP contribution is 2.29. The van der Waals surface area contributed by atoms with Gasteiger partial charge in [0.15, 0.2) is 0 Å². The van der Waals surface area contributed by atoms with Crippen molar-refractivity contribution >= 4 is 5.91 Å². The normalized spacial score (nSPS) is 21.2. The molecule has 0 bridgehead atoms. The average Bonchev–Trinajstić information content (AvgIpc) is 3.16. The zero-order chi connectivity index (χ0) is 21.1. The summed E-state index contributed by atoms with van der Waals surface area (Å²) in [6.45, 7) is 10.5. The van der Waals surface area contributed by atoms with Crippen molar-refractivity contribution in [2.75, 3.05) is 39.3 Å². The number of hydrogen-bond donors (Lipinski definition) is 0. The maximum absolute atomic E-state index is 12.9. The topological polar surface area (TPSA) is 71.7 Å². The summed E-state index contributed by atoms with van der Waals surface area (Å²) in [4.78, 5) is 22.0. The summed E-state index contributed by atoms with van der Waals surface area (Å²) >= 11 is 0. The zero-order valence-corrected chi connectivity index (χ0v) is 18.3. The Kier molecular flexibility index (Phi) is 6.49. The predicted molar refractivity (Wildman–Crippen MR) is 114 cm³/mol. The summed E-state index contributed by atoms with van der Waals surface area (Å²) in [5, 5.41) is 4.10. The van der Waals surface area contributed by atoms with E-state index in [1.807, 2.05) is 36.9 Å². The molecule has 0 radical (unpaired) electrons. The largest absolute Gasteiger partial charge is 0.368 e. The number of aryl methyl sites for hydroxylation is 2. The minimum absolute atomic E-state index is 0.192. The van der Waals surface area contributed by atoms with E-state index in [9.17, 15) is 4.79 Å². The van der Waals surface area contributed by atoms with Crippen molar-refractivity contribution in [1.82, 2.24) is 19.9 Å². The number of carbonyl (C=O) groups is 1. The molecule has 2 fully saturated rings. The van der Waals surface area contributed by atoms with Gasteiger partial charge in [0.05, 0.1) is 42.3 Å². The standard InChI is InChI=1S/C23H32N4O3/c1-4-20-23(17(3)25-30-20)19-7-5-6-18(24-19)21-14-27(12-13-29-21)22(28)15-26-10-8-16(2)9-11-26/h5-7,16,21H,4,8-15H2,1-3H3/t21-/m1/s1. The van der Waals surface area contributed by atoms with Crippen LogP contribution in [0.2, 0.25) is 0 Å². The molecule has 2 saturated heterocycles. The van der Waals surface area contributed by atoms with E-state index in [0.717, 1.165) is 53.8 Å². The molecule has 2 aliphatic rings. The van der Waals surface area contributed by atoms with Crippen molar-refractivity contribution in [3.05, 3.63) is 35.3 Å². The molecule has 162 valence electrons. The molecule has 2 aliphatic heterocycles. The lowest BCUT2D eigenvalue weighted by Gasteiger charge is -2.35. The van der Waals surface area contributed by atoms with Crippen molar-refractivity contribution in [2.24, 2.45) is 5.92 Å². The van der Waals surface area contributed by atoms with E-state index >= 15 is 0 Å². The molecule has 0 N–H and O–H groups in total. The highest BCUT2D eigenvalue weighted by atomic mass is 16.5. The number of likely N-dealkylation sites (tertiary alicyclic amines) is 1. The van der Waals surface area contributed by atoms with E-state index in [1.165, 1.54) is 12.8 Å². The second-order valence-electron chi connectivity index (χ2n) is 8.53. The average molecular weight is 413 g/mol. The Morgan fingerprint density at radius 3 is 2.80 bits per heavy atom. The van der Waals surface area contributed by atoms with Crippen LogP contribution < -0.4 is 0 Å². The molecule has 4 heterocycles. The number of ether oxygens (including phenoxy) is 1. The van der Waals surface area contributed by atoms with Gasteiger partial charge in [-0.15, -0.1) is 0 Å². The lowest BCUT2D eigenvalue weighted by atomic mass is 9.99. The van der Waals surface area contributed by atoms with Gasteiger partial charge in [-0.25, -0.2) is 4.98 Å². The smallest absolute Gasteiger partial charge is 0.236 e. The maximum atomic E-state index is 12.9. The molecule has 1 amide bonds. The van der Waals surface area contributed by atoms with E-state index in [2.05, 4.69) is 17.0 Å². The highest BCUT2D eigenvalue weighted by Gasteiger charge is 2.28. The first-order valence-electron chi connectivity index (χ1n) is 11.1. The summed E-state index contributed by atoms with van der Waals surface area (Å²) in [5.74, 6) is 1.80. The lowest BCUT2D eigenvalue weighted by Crippen LogP contribution is -2.48. The Labute approximate surface area is 178 Å². The number of carbonyl (C=O) groups excluding carboxylic acids is 1. The van der Waals surface area contributed by atoms with Gasteiger partial charge < -0.3 is 14.2 Å². The molecule has 0 unspecified atom stereocenters. The third-order valence-corrected chi connectivity index (χ3v) is 6.27. The molecule has 7 nitrogen and oxygen atoms in total. The first-order chi connectivity index (χ1) is 14.5. The van der Waals surface area contributed by atoms with Crippen LogP contribution in [0.1, 0.15) is 49.9 Å². The first kappa shape index (κ1) is 21.0. The molecule has 0 saturated carbocycles. The van der Waals surface area contributed by atoms with Crippen LogP contribution in [0.25, 0.3) is 11.3 Å². The molecule has 1 atom stereocenters. The highest BCUT2D eigenvalue weighted by molar-refractivity contribution is 5.78. The number of pyridine rings is 1. The number of hydrogen-bond acceptors (Lipinski definition) is 6. The number of piperidine rings is 1. The van der Waals surface area contributed by atoms with Crippen molar-refractivity contribution in [3.63, 3.8) is 0 Å². The fourth-order valence-corrected chi connectivity index (χ4v) is 4.32. The summed E-state index contributed by atoms with van der Waals surface area (Å²) in [5.41, 5.74) is 3.49. The summed E-state index contributed by atoms with van der Waals surface area (Å²) < 4.78 is 11.4. The van der Waals surface area contributed by atoms with E-state index < -0.39 is 0 Å². The minimum atomic E-state index is -0.214. The van der Waals surface area contributed by atoms with Gasteiger partial charge in [-0.3, -0.25) is 9.69 Å². The number of rotatable bonds is 5. The van der Waals surface area contributed by atoms with Gasteiger partial charge in [0.2, 0.25) is 5.91 Å². The van der Waals surface area contributed by atoms with Gasteiger partial charge in [-0.2, -0.15) is 0 Å². The Morgan fingerprint density at radius 2 is 2.03 bits per heavy atom. The molecule has 30 heavy (non-hydrogen) atoms. The molecular weight excluding hydrogens is 380 g/mol. The molecule has 0 spiro atoms. The summed E-state index contributed by atoms with van der Waals surface area (Å²) in [7, 11) is 0. The molecule has 7 heteroatoms. The summed E-state index contributed by atoms with van der Waals surface area (Å²) in [6, 6.07) is 5.94. The molecule has 2 aromatic heterocycles. The van der Waals surface area contributed by atoms with E-state index in [0.29, 0.717) is 26.2 Å². The van der Waals surface area contributed by atoms with Crippen molar-refractivity contribution in [3.8, 4) is 11.3 Å². The third-order valence-electron chi connectivity index (χ3n) is 6.27. The van der Waals surface area contributed by atoms with Gasteiger partial charge in [-0.05, 0) is 50.9 Å². The first-order valence-corrected chi connectivity index (χ1v) is 11.1. The molecule has 0 aromatic carbocycles. The quantitative estimate of drug-likeness (QED) is 0.751. The molecular formula is C23H32N4O3. The number of aromatic nitrogens is 2. The number of amides is 1. The SMILES string of the molecule is CCc1onc(C)c1-c1cccc([C@H]2CN(C(=O)CN3CCC(C)CC3)CCO2)n1. The van der Waals surface area contributed by atoms with Gasteiger partial charge >= 0.3 is 0 Å². The van der Waals surface area contributed by atoms with Gasteiger partial charge in [0, 0.05) is 13.0 Å². The Balaban J connectivity index is 1.44. The fraction of sp³-hybridized carbons (Fsp3) is 0.609. The van der Waals surface area contributed by atoms with Crippen LogP contribution >= 0.6 is 0 Å². The van der Waals surface area contributed by atoms with Crippen LogP contribution in [-0.4, -0.2) is 65.2 Å². The Bertz CT molecular complexity index is 873. The van der Waals surface area contributed by atoms with Crippen LogP contribution in [0, 0.1) is 12.8 Å². The monoisotopic (exact) mass is 412 g/mol. The van der Waals surface area contributed by atoms with Crippen LogP contribution in [0.15, 0.2) is 22.7 Å². The third kappa shape index (κ3) is 4.57. The maximum Gasteiger partial charge on any atom is 0.236 e. The molecule has 2 aromatic rings. The van der Waals surface area contributed by atoms with Gasteiger partial charge in [0.1, 0.15) is 11.9 Å². The Morgan fingerprint density at radius 1 is 1.23 bits per heavy atom. The van der Waals surface area contributed by atoms with Crippen molar-refractivity contribution in [2.45, 2.75) is 46.1 Å². The summed E-state index contributed by atoms with van der Waals surface area (Å²) in [6.07, 6.45) is 2.91. The van der Waals surface area contributed by atoms with Crippen molar-refractivity contribution < 1.29 is 14.1 Å². The predicted octanol–water partition coefficient (Wildman–Crippen LogP) is 3.24. The van der Waals surface area contributed by atoms with Gasteiger partial charge in [-0.1, -0.05) is 25.1 Å². The van der Waals surface area contributed by atoms with Crippen LogP contribution in [0.3, 0.4) is 0 Å². The fourth-order valence-electron chi connectivity index (χ4n) is 4.32. The molecule has 4 rings (SSSR count). The van der Waals surface area contributed by atoms with Crippen molar-refractivity contribution in [1.29, 1.82) is 0 Å². The van der Waals surface area contributed by atoms with E-state index in [-0.39, 0.29) is 12.0 Å². The van der Waals surface area contributed by atoms with E-state index in [4.69, 9.17) is 14.2 Å². The number of nitrogens with zero attached hydrogens (tertiary/aromatic N) is 4. The minimum Gasteiger partial charge on any atom is -0.368 e.